The Morgan fingerprint density at radius 2 is 2.27 bits per heavy atom. The summed E-state index contributed by atoms with van der Waals surface area (Å²) in [6.07, 6.45) is 6.04. The number of benzene rings is 1. The molecule has 0 spiro atoms. The molecule has 2 aromatic heterocycles. The largest absolute Gasteiger partial charge is 0.489 e. The zero-order chi connectivity index (χ0) is 20.8. The van der Waals surface area contributed by atoms with Crippen LogP contribution in [0.15, 0.2) is 54.2 Å². The Morgan fingerprint density at radius 3 is 3.10 bits per heavy atom. The lowest BCUT2D eigenvalue weighted by Crippen LogP contribution is -2.33. The summed E-state index contributed by atoms with van der Waals surface area (Å²) in [4.78, 5) is 23.8. The quantitative estimate of drug-likeness (QED) is 0.603. The number of anilines is 1. The second kappa shape index (κ2) is 9.82. The smallest absolute Gasteiger partial charge is 0.257 e. The van der Waals surface area contributed by atoms with Gasteiger partial charge in [0.05, 0.1) is 5.69 Å². The molecular formula is C23H26N4O2S. The molecule has 156 valence electrons. The average molecular weight is 423 g/mol. The molecule has 4 rings (SSSR count). The van der Waals surface area contributed by atoms with Crippen molar-refractivity contribution in [3.63, 3.8) is 0 Å². The zero-order valence-electron chi connectivity index (χ0n) is 17.1. The van der Waals surface area contributed by atoms with Crippen molar-refractivity contribution >= 4 is 22.4 Å². The standard InChI is InChI=1S/C23H26N4O2S/c1-17-5-4-10-27(13-17)14-20-16-30-23(25-20)26-22(28)19-7-2-8-21(11-19)29-15-18-6-3-9-24-12-18/h2-3,6-9,11-12,16-17H,4-5,10,13-15H2,1H3,(H,25,26,28). The molecule has 1 aromatic carbocycles. The van der Waals surface area contributed by atoms with Gasteiger partial charge in [0.1, 0.15) is 12.4 Å². The summed E-state index contributed by atoms with van der Waals surface area (Å²) in [6, 6.07) is 11.0. The Bertz CT molecular complexity index is 976. The number of carbonyl (C=O) groups is 1. The fourth-order valence-electron chi connectivity index (χ4n) is 3.64. The van der Waals surface area contributed by atoms with E-state index in [1.54, 1.807) is 24.5 Å². The molecule has 1 N–H and O–H groups in total. The molecule has 1 unspecified atom stereocenters. The summed E-state index contributed by atoms with van der Waals surface area (Å²) in [5.74, 6) is 1.20. The van der Waals surface area contributed by atoms with Crippen molar-refractivity contribution in [3.8, 4) is 5.75 Å². The molecule has 30 heavy (non-hydrogen) atoms. The van der Waals surface area contributed by atoms with Crippen LogP contribution in [0, 0.1) is 5.92 Å². The van der Waals surface area contributed by atoms with E-state index in [2.05, 4.69) is 27.1 Å². The number of hydrogen-bond acceptors (Lipinski definition) is 6. The van der Waals surface area contributed by atoms with E-state index in [1.807, 2.05) is 29.6 Å². The number of aromatic nitrogens is 2. The van der Waals surface area contributed by atoms with Gasteiger partial charge in [-0.05, 0) is 49.6 Å². The van der Waals surface area contributed by atoms with Gasteiger partial charge >= 0.3 is 0 Å². The lowest BCUT2D eigenvalue weighted by molar-refractivity contribution is 0.102. The van der Waals surface area contributed by atoms with Gasteiger partial charge in [0, 0.05) is 42.0 Å². The highest BCUT2D eigenvalue weighted by atomic mass is 32.1. The highest BCUT2D eigenvalue weighted by Crippen LogP contribution is 2.22. The molecule has 1 fully saturated rings. The van der Waals surface area contributed by atoms with Gasteiger partial charge in [0.25, 0.3) is 5.91 Å². The van der Waals surface area contributed by atoms with Crippen molar-refractivity contribution in [2.45, 2.75) is 32.9 Å². The van der Waals surface area contributed by atoms with Crippen molar-refractivity contribution < 1.29 is 9.53 Å². The second-order valence-electron chi connectivity index (χ2n) is 7.76. The van der Waals surface area contributed by atoms with Gasteiger partial charge in [0.2, 0.25) is 0 Å². The first-order valence-corrected chi connectivity index (χ1v) is 11.1. The number of nitrogens with zero attached hydrogens (tertiary/aromatic N) is 3. The zero-order valence-corrected chi connectivity index (χ0v) is 17.9. The second-order valence-corrected chi connectivity index (χ2v) is 8.62. The summed E-state index contributed by atoms with van der Waals surface area (Å²) in [5.41, 5.74) is 2.53. The van der Waals surface area contributed by atoms with E-state index < -0.39 is 0 Å². The normalized spacial score (nSPS) is 16.9. The van der Waals surface area contributed by atoms with Gasteiger partial charge in [-0.25, -0.2) is 4.98 Å². The Morgan fingerprint density at radius 1 is 1.33 bits per heavy atom. The van der Waals surface area contributed by atoms with Gasteiger partial charge in [-0.2, -0.15) is 0 Å². The third-order valence-electron chi connectivity index (χ3n) is 5.12. The fourth-order valence-corrected chi connectivity index (χ4v) is 4.34. The van der Waals surface area contributed by atoms with Crippen molar-refractivity contribution in [1.29, 1.82) is 0 Å². The summed E-state index contributed by atoms with van der Waals surface area (Å²) in [7, 11) is 0. The molecule has 7 heteroatoms. The van der Waals surface area contributed by atoms with Crippen LogP contribution in [0.1, 0.15) is 41.4 Å². The molecule has 1 saturated heterocycles. The van der Waals surface area contributed by atoms with E-state index in [9.17, 15) is 4.79 Å². The van der Waals surface area contributed by atoms with Gasteiger partial charge in [-0.15, -0.1) is 11.3 Å². The Kier molecular flexibility index (Phi) is 6.71. The predicted octanol–water partition coefficient (Wildman–Crippen LogP) is 4.60. The van der Waals surface area contributed by atoms with Crippen LogP contribution in [-0.2, 0) is 13.2 Å². The number of thiazole rings is 1. The first kappa shape index (κ1) is 20.5. The van der Waals surface area contributed by atoms with Crippen LogP contribution in [0.3, 0.4) is 0 Å². The molecule has 0 radical (unpaired) electrons. The average Bonchev–Trinajstić information content (AvgIpc) is 3.20. The lowest BCUT2D eigenvalue weighted by atomic mass is 10.0. The minimum Gasteiger partial charge on any atom is -0.489 e. The SMILES string of the molecule is CC1CCCN(Cc2csc(NC(=O)c3cccc(OCc4cccnc4)c3)n2)C1. The highest BCUT2D eigenvalue weighted by Gasteiger charge is 2.18. The minimum atomic E-state index is -0.186. The summed E-state index contributed by atoms with van der Waals surface area (Å²) in [5, 5.41) is 5.57. The van der Waals surface area contributed by atoms with E-state index in [1.165, 1.54) is 24.2 Å². The number of rotatable bonds is 7. The summed E-state index contributed by atoms with van der Waals surface area (Å²) >= 11 is 1.47. The maximum absolute atomic E-state index is 12.7. The van der Waals surface area contributed by atoms with Crippen molar-refractivity contribution in [3.05, 3.63) is 71.0 Å². The van der Waals surface area contributed by atoms with Crippen LogP contribution in [0.4, 0.5) is 5.13 Å². The molecule has 1 aliphatic rings. The maximum Gasteiger partial charge on any atom is 0.257 e. The molecule has 1 aliphatic heterocycles. The number of piperidine rings is 1. The predicted molar refractivity (Wildman–Crippen MR) is 119 cm³/mol. The highest BCUT2D eigenvalue weighted by molar-refractivity contribution is 7.13. The summed E-state index contributed by atoms with van der Waals surface area (Å²) in [6.45, 7) is 5.78. The minimum absolute atomic E-state index is 0.186. The molecule has 6 nitrogen and oxygen atoms in total. The third-order valence-corrected chi connectivity index (χ3v) is 5.93. The Labute approximate surface area is 180 Å². The molecular weight excluding hydrogens is 396 g/mol. The number of nitrogens with one attached hydrogen (secondary N) is 1. The van der Waals surface area contributed by atoms with Crippen LogP contribution >= 0.6 is 11.3 Å². The van der Waals surface area contributed by atoms with Gasteiger partial charge < -0.3 is 4.74 Å². The molecule has 0 saturated carbocycles. The topological polar surface area (TPSA) is 67.4 Å². The van der Waals surface area contributed by atoms with Crippen LogP contribution in [-0.4, -0.2) is 33.9 Å². The van der Waals surface area contributed by atoms with Crippen molar-refractivity contribution in [2.75, 3.05) is 18.4 Å². The van der Waals surface area contributed by atoms with Gasteiger partial charge in [0.15, 0.2) is 5.13 Å². The first-order valence-electron chi connectivity index (χ1n) is 10.3. The number of ether oxygens (including phenoxy) is 1. The number of likely N-dealkylation sites (tertiary alicyclic amines) is 1. The summed E-state index contributed by atoms with van der Waals surface area (Å²) < 4.78 is 5.79. The Hall–Kier alpha value is -2.77. The van der Waals surface area contributed by atoms with Crippen molar-refractivity contribution in [2.24, 2.45) is 5.92 Å². The number of amides is 1. The molecule has 1 amide bonds. The van der Waals surface area contributed by atoms with E-state index in [0.717, 1.165) is 36.8 Å². The van der Waals surface area contributed by atoms with E-state index in [0.29, 0.717) is 23.1 Å². The van der Waals surface area contributed by atoms with Crippen LogP contribution in [0.25, 0.3) is 0 Å². The van der Waals surface area contributed by atoms with E-state index >= 15 is 0 Å². The van der Waals surface area contributed by atoms with Gasteiger partial charge in [-0.1, -0.05) is 19.1 Å². The van der Waals surface area contributed by atoms with E-state index in [4.69, 9.17) is 4.74 Å². The molecule has 3 aromatic rings. The van der Waals surface area contributed by atoms with E-state index in [-0.39, 0.29) is 5.91 Å². The molecule has 0 aliphatic carbocycles. The molecule has 3 heterocycles. The van der Waals surface area contributed by atoms with Crippen molar-refractivity contribution in [1.82, 2.24) is 14.9 Å². The van der Waals surface area contributed by atoms with Gasteiger partial charge in [-0.3, -0.25) is 20.0 Å². The van der Waals surface area contributed by atoms with Crippen LogP contribution in [0.2, 0.25) is 0 Å². The maximum atomic E-state index is 12.7. The molecule has 1 atom stereocenters. The Balaban J connectivity index is 1.33. The van der Waals surface area contributed by atoms with Crippen LogP contribution in [0.5, 0.6) is 5.75 Å². The number of pyridine rings is 1. The molecule has 0 bridgehead atoms. The third kappa shape index (κ3) is 5.64. The fraction of sp³-hybridized carbons (Fsp3) is 0.348. The monoisotopic (exact) mass is 422 g/mol. The lowest BCUT2D eigenvalue weighted by Gasteiger charge is -2.30. The van der Waals surface area contributed by atoms with Crippen LogP contribution < -0.4 is 10.1 Å². The number of carbonyl (C=O) groups excluding carboxylic acids is 1. The first-order chi connectivity index (χ1) is 14.7. The number of hydrogen-bond donors (Lipinski definition) is 1.